The summed E-state index contributed by atoms with van der Waals surface area (Å²) in [7, 11) is 3.39. The molecule has 0 saturated heterocycles. The van der Waals surface area contributed by atoms with Crippen molar-refractivity contribution in [2.45, 2.75) is 31.4 Å². The lowest BCUT2D eigenvalue weighted by molar-refractivity contribution is -0.0695. The van der Waals surface area contributed by atoms with Crippen molar-refractivity contribution in [3.05, 3.63) is 29.3 Å². The van der Waals surface area contributed by atoms with E-state index in [9.17, 15) is 0 Å². The maximum absolute atomic E-state index is 8.76. The summed E-state index contributed by atoms with van der Waals surface area (Å²) < 4.78 is 10.9. The normalized spacial score (nSPS) is 17.3. The Morgan fingerprint density at radius 2 is 2.19 bits per heavy atom. The van der Waals surface area contributed by atoms with Crippen LogP contribution < -0.4 is 15.8 Å². The molecule has 0 aromatic heterocycles. The van der Waals surface area contributed by atoms with E-state index in [0.717, 1.165) is 30.7 Å². The molecule has 0 aliphatic heterocycles. The number of nitrogens with zero attached hydrogens (tertiary/aromatic N) is 1. The van der Waals surface area contributed by atoms with Crippen LogP contribution in [0.2, 0.25) is 0 Å². The minimum Gasteiger partial charge on any atom is -0.496 e. The van der Waals surface area contributed by atoms with Gasteiger partial charge in [-0.3, -0.25) is 0 Å². The molecule has 0 heterocycles. The zero-order valence-electron chi connectivity index (χ0n) is 12.6. The minimum atomic E-state index is -0.0174. The fourth-order valence-electron chi connectivity index (χ4n) is 2.58. The first-order chi connectivity index (χ1) is 10.1. The van der Waals surface area contributed by atoms with Gasteiger partial charge in [-0.05, 0) is 37.5 Å². The van der Waals surface area contributed by atoms with Crippen molar-refractivity contribution in [2.75, 3.05) is 20.8 Å². The summed E-state index contributed by atoms with van der Waals surface area (Å²) in [6, 6.07) is 5.45. The molecule has 6 nitrogen and oxygen atoms in total. The van der Waals surface area contributed by atoms with E-state index >= 15 is 0 Å². The van der Waals surface area contributed by atoms with Gasteiger partial charge in [0.1, 0.15) is 5.75 Å². The van der Waals surface area contributed by atoms with E-state index in [-0.39, 0.29) is 11.4 Å². The molecule has 116 valence electrons. The zero-order chi connectivity index (χ0) is 15.3. The van der Waals surface area contributed by atoms with Crippen LogP contribution >= 0.6 is 0 Å². The standard InChI is InChI=1S/C15H23N3O3/c1-20-13-5-4-11(14(16)18-19)8-12(13)9-17-10-15(21-2)6-3-7-15/h4-5,8,17,19H,3,6-7,9-10H2,1-2H3,(H2,16,18). The Morgan fingerprint density at radius 3 is 2.71 bits per heavy atom. The maximum atomic E-state index is 8.76. The predicted octanol–water partition coefficient (Wildman–Crippen LogP) is 1.45. The number of amidine groups is 1. The van der Waals surface area contributed by atoms with Crippen LogP contribution in [0.3, 0.4) is 0 Å². The largest absolute Gasteiger partial charge is 0.496 e. The van der Waals surface area contributed by atoms with Crippen molar-refractivity contribution in [3.63, 3.8) is 0 Å². The van der Waals surface area contributed by atoms with E-state index in [4.69, 9.17) is 20.4 Å². The van der Waals surface area contributed by atoms with Gasteiger partial charge in [-0.1, -0.05) is 5.16 Å². The molecule has 0 bridgehead atoms. The van der Waals surface area contributed by atoms with E-state index in [1.54, 1.807) is 20.3 Å². The third-order valence-electron chi connectivity index (χ3n) is 4.14. The molecular weight excluding hydrogens is 270 g/mol. The van der Waals surface area contributed by atoms with Gasteiger partial charge in [-0.2, -0.15) is 0 Å². The molecule has 1 aromatic rings. The van der Waals surface area contributed by atoms with Gasteiger partial charge < -0.3 is 25.7 Å². The first-order valence-electron chi connectivity index (χ1n) is 7.05. The minimum absolute atomic E-state index is 0.0174. The average Bonchev–Trinajstić information content (AvgIpc) is 2.49. The number of methoxy groups -OCH3 is 2. The second-order valence-corrected chi connectivity index (χ2v) is 5.36. The molecule has 1 aromatic carbocycles. The number of ether oxygens (including phenoxy) is 2. The van der Waals surface area contributed by atoms with Crippen molar-refractivity contribution >= 4 is 5.84 Å². The molecule has 2 rings (SSSR count). The highest BCUT2D eigenvalue weighted by atomic mass is 16.5. The molecule has 6 heteroatoms. The Balaban J connectivity index is 2.03. The van der Waals surface area contributed by atoms with Gasteiger partial charge in [0.15, 0.2) is 5.84 Å². The van der Waals surface area contributed by atoms with Gasteiger partial charge in [0.05, 0.1) is 12.7 Å². The number of rotatable bonds is 7. The molecular formula is C15H23N3O3. The molecule has 1 aliphatic carbocycles. The van der Waals surface area contributed by atoms with E-state index in [1.165, 1.54) is 6.42 Å². The zero-order valence-corrected chi connectivity index (χ0v) is 12.6. The monoisotopic (exact) mass is 293 g/mol. The summed E-state index contributed by atoms with van der Waals surface area (Å²) >= 11 is 0. The number of hydrogen-bond acceptors (Lipinski definition) is 5. The summed E-state index contributed by atoms with van der Waals surface area (Å²) in [6.07, 6.45) is 3.41. The number of benzene rings is 1. The van der Waals surface area contributed by atoms with Crippen molar-refractivity contribution in [2.24, 2.45) is 10.9 Å². The smallest absolute Gasteiger partial charge is 0.170 e. The number of hydrogen-bond donors (Lipinski definition) is 3. The Bertz CT molecular complexity index is 507. The van der Waals surface area contributed by atoms with Crippen LogP contribution in [0.4, 0.5) is 0 Å². The lowest BCUT2D eigenvalue weighted by atomic mass is 9.80. The van der Waals surface area contributed by atoms with Crippen LogP contribution in [0.25, 0.3) is 0 Å². The summed E-state index contributed by atoms with van der Waals surface area (Å²) in [4.78, 5) is 0. The Labute approximate surface area is 124 Å². The van der Waals surface area contributed by atoms with Crippen LogP contribution in [0, 0.1) is 0 Å². The molecule has 1 saturated carbocycles. The molecule has 0 atom stereocenters. The number of nitrogens with one attached hydrogen (secondary N) is 1. The number of oxime groups is 1. The first-order valence-corrected chi connectivity index (χ1v) is 7.05. The van der Waals surface area contributed by atoms with E-state index in [2.05, 4.69) is 10.5 Å². The average molecular weight is 293 g/mol. The van der Waals surface area contributed by atoms with Crippen molar-refractivity contribution in [1.82, 2.24) is 5.32 Å². The summed E-state index contributed by atoms with van der Waals surface area (Å²) in [5.41, 5.74) is 7.24. The third-order valence-corrected chi connectivity index (χ3v) is 4.14. The fraction of sp³-hybridized carbons (Fsp3) is 0.533. The molecule has 1 aliphatic rings. The lowest BCUT2D eigenvalue weighted by Crippen LogP contribution is -2.47. The predicted molar refractivity (Wildman–Crippen MR) is 80.8 cm³/mol. The highest BCUT2D eigenvalue weighted by Crippen LogP contribution is 2.34. The highest BCUT2D eigenvalue weighted by Gasteiger charge is 2.36. The highest BCUT2D eigenvalue weighted by molar-refractivity contribution is 5.97. The molecule has 0 spiro atoms. The summed E-state index contributed by atoms with van der Waals surface area (Å²) in [6.45, 7) is 1.45. The van der Waals surface area contributed by atoms with Gasteiger partial charge in [0.2, 0.25) is 0 Å². The molecule has 0 unspecified atom stereocenters. The summed E-state index contributed by atoms with van der Waals surface area (Å²) in [5, 5.41) is 15.2. The lowest BCUT2D eigenvalue weighted by Gasteiger charge is -2.40. The Hall–Kier alpha value is -1.79. The van der Waals surface area contributed by atoms with E-state index in [0.29, 0.717) is 12.1 Å². The van der Waals surface area contributed by atoms with E-state index in [1.807, 2.05) is 12.1 Å². The molecule has 1 fully saturated rings. The second kappa shape index (κ2) is 6.78. The molecule has 0 radical (unpaired) electrons. The SMILES string of the molecule is COc1ccc(/C(N)=N/O)cc1CNCC1(OC)CCC1. The van der Waals surface area contributed by atoms with E-state index < -0.39 is 0 Å². The van der Waals surface area contributed by atoms with Crippen LogP contribution in [0.1, 0.15) is 30.4 Å². The first kappa shape index (κ1) is 15.6. The van der Waals surface area contributed by atoms with Gasteiger partial charge >= 0.3 is 0 Å². The fourth-order valence-corrected chi connectivity index (χ4v) is 2.58. The quantitative estimate of drug-likeness (QED) is 0.306. The van der Waals surface area contributed by atoms with Crippen LogP contribution in [-0.4, -0.2) is 37.4 Å². The topological polar surface area (TPSA) is 89.1 Å². The summed E-state index contributed by atoms with van der Waals surface area (Å²) in [5.74, 6) is 0.864. The second-order valence-electron chi connectivity index (χ2n) is 5.36. The molecule has 0 amide bonds. The Morgan fingerprint density at radius 1 is 1.43 bits per heavy atom. The number of nitrogens with two attached hydrogens (primary N) is 1. The van der Waals surface area contributed by atoms with Crippen molar-refractivity contribution in [3.8, 4) is 5.75 Å². The Kier molecular flexibility index (Phi) is 5.03. The molecule has 4 N–H and O–H groups in total. The maximum Gasteiger partial charge on any atom is 0.170 e. The van der Waals surface area contributed by atoms with Gasteiger partial charge in [-0.15, -0.1) is 0 Å². The van der Waals surface area contributed by atoms with Gasteiger partial charge in [0.25, 0.3) is 0 Å². The van der Waals surface area contributed by atoms with Crippen molar-refractivity contribution < 1.29 is 14.7 Å². The van der Waals surface area contributed by atoms with Crippen LogP contribution in [-0.2, 0) is 11.3 Å². The van der Waals surface area contributed by atoms with Crippen LogP contribution in [0.5, 0.6) is 5.75 Å². The van der Waals surface area contributed by atoms with Gasteiger partial charge in [0, 0.05) is 31.3 Å². The van der Waals surface area contributed by atoms with Crippen molar-refractivity contribution in [1.29, 1.82) is 0 Å². The molecule has 21 heavy (non-hydrogen) atoms. The van der Waals surface area contributed by atoms with Crippen LogP contribution in [0.15, 0.2) is 23.4 Å². The van der Waals surface area contributed by atoms with Gasteiger partial charge in [-0.25, -0.2) is 0 Å². The third kappa shape index (κ3) is 3.46.